The molecule has 11 heteroatoms. The predicted octanol–water partition coefficient (Wildman–Crippen LogP) is 1.94. The highest BCUT2D eigenvalue weighted by molar-refractivity contribution is 5.97. The summed E-state index contributed by atoms with van der Waals surface area (Å²) in [7, 11) is 0. The summed E-state index contributed by atoms with van der Waals surface area (Å²) in [5.41, 5.74) is -0.157. The highest BCUT2D eigenvalue weighted by Crippen LogP contribution is 2.28. The lowest BCUT2D eigenvalue weighted by molar-refractivity contribution is -0.126. The van der Waals surface area contributed by atoms with Crippen LogP contribution in [0.25, 0.3) is 11.7 Å². The number of hydrogen-bond donors (Lipinski definition) is 2. The van der Waals surface area contributed by atoms with Crippen molar-refractivity contribution in [1.29, 1.82) is 0 Å². The van der Waals surface area contributed by atoms with E-state index >= 15 is 0 Å². The molecule has 9 nitrogen and oxygen atoms in total. The average Bonchev–Trinajstić information content (AvgIpc) is 3.36. The van der Waals surface area contributed by atoms with Crippen molar-refractivity contribution in [2.45, 2.75) is 58.5 Å². The van der Waals surface area contributed by atoms with Crippen molar-refractivity contribution in [2.75, 3.05) is 13.1 Å². The molecule has 2 aromatic rings. The first-order valence-electron chi connectivity index (χ1n) is 11.0. The van der Waals surface area contributed by atoms with Crippen LogP contribution in [0.15, 0.2) is 10.9 Å². The smallest absolute Gasteiger partial charge is 0.291 e. The fourth-order valence-corrected chi connectivity index (χ4v) is 3.97. The van der Waals surface area contributed by atoms with Crippen LogP contribution < -0.4 is 10.9 Å². The van der Waals surface area contributed by atoms with Crippen LogP contribution in [0.3, 0.4) is 0 Å². The zero-order valence-corrected chi connectivity index (χ0v) is 18.8. The Balaban J connectivity index is 1.79. The number of halogens is 2. The van der Waals surface area contributed by atoms with Gasteiger partial charge in [0.15, 0.2) is 5.56 Å². The number of rotatable bonds is 6. The van der Waals surface area contributed by atoms with Crippen LogP contribution in [-0.2, 0) is 11.3 Å². The number of carbonyl (C=O) groups excluding carboxylic acids is 2. The molecule has 4 rings (SSSR count). The third-order valence-corrected chi connectivity index (χ3v) is 5.78. The van der Waals surface area contributed by atoms with Crippen LogP contribution in [0.1, 0.15) is 54.7 Å². The zero-order valence-electron chi connectivity index (χ0n) is 18.8. The molecule has 0 spiro atoms. The maximum atomic E-state index is 13.5. The van der Waals surface area contributed by atoms with Crippen molar-refractivity contribution in [1.82, 2.24) is 24.4 Å². The van der Waals surface area contributed by atoms with Crippen LogP contribution in [0.4, 0.5) is 8.78 Å². The van der Waals surface area contributed by atoms with Crippen molar-refractivity contribution in [2.24, 2.45) is 5.92 Å². The molecule has 0 bridgehead atoms. The summed E-state index contributed by atoms with van der Waals surface area (Å²) in [4.78, 5) is 39.3. The molecule has 1 aliphatic carbocycles. The predicted molar refractivity (Wildman–Crippen MR) is 116 cm³/mol. The van der Waals surface area contributed by atoms with E-state index < -0.39 is 35.7 Å². The lowest BCUT2D eigenvalue weighted by atomic mass is 10.1. The van der Waals surface area contributed by atoms with Crippen LogP contribution in [0.5, 0.6) is 5.88 Å². The average molecular weight is 463 g/mol. The quantitative estimate of drug-likeness (QED) is 0.637. The first kappa shape index (κ1) is 22.9. The number of alkyl halides is 2. The van der Waals surface area contributed by atoms with Gasteiger partial charge in [-0.05, 0) is 31.8 Å². The summed E-state index contributed by atoms with van der Waals surface area (Å²) >= 11 is 0. The van der Waals surface area contributed by atoms with Crippen molar-refractivity contribution >= 4 is 23.5 Å². The third-order valence-electron chi connectivity index (χ3n) is 5.78. The molecule has 3 heterocycles. The Kier molecular flexibility index (Phi) is 5.75. The van der Waals surface area contributed by atoms with E-state index in [-0.39, 0.29) is 42.7 Å². The summed E-state index contributed by atoms with van der Waals surface area (Å²) in [6.07, 6.45) is 3.84. The van der Waals surface area contributed by atoms with E-state index in [1.807, 2.05) is 13.8 Å². The highest BCUT2D eigenvalue weighted by Gasteiger charge is 2.39. The number of aromatic nitrogens is 3. The normalized spacial score (nSPS) is 18.1. The number of carbonyl (C=O) groups is 2. The number of nitrogens with one attached hydrogen (secondary N) is 1. The molecule has 1 saturated carbocycles. The standard InChI is InChI=1S/C22H27F2N5O4/c1-12(2)10-28-19-15(6-7-16(30)27-9-8-22(23,24)11-27)13(3)26-29(19)21(33)17(20(28)32)18(31)25-14-4-5-14/h6-7,12,14,32H,4-5,8-11H2,1-3H3,(H,25,31)/b7-6+. The summed E-state index contributed by atoms with van der Waals surface area (Å²) in [6.45, 7) is 5.05. The molecular formula is C22H27F2N5O4. The summed E-state index contributed by atoms with van der Waals surface area (Å²) in [5, 5.41) is 17.9. The maximum absolute atomic E-state index is 13.5. The van der Waals surface area contributed by atoms with Crippen LogP contribution in [0.2, 0.25) is 0 Å². The van der Waals surface area contributed by atoms with Gasteiger partial charge < -0.3 is 15.3 Å². The zero-order chi connectivity index (χ0) is 24.1. The topological polar surface area (TPSA) is 109 Å². The Morgan fingerprint density at radius 2 is 2.03 bits per heavy atom. The van der Waals surface area contributed by atoms with Gasteiger partial charge in [0.1, 0.15) is 5.65 Å². The minimum Gasteiger partial charge on any atom is -0.494 e. The van der Waals surface area contributed by atoms with Gasteiger partial charge in [0.2, 0.25) is 11.8 Å². The third kappa shape index (κ3) is 4.49. The molecule has 2 amide bonds. The van der Waals surface area contributed by atoms with Gasteiger partial charge in [-0.3, -0.25) is 19.0 Å². The minimum atomic E-state index is -2.90. The Bertz CT molecular complexity index is 1210. The Morgan fingerprint density at radius 1 is 1.33 bits per heavy atom. The molecule has 0 aromatic carbocycles. The van der Waals surface area contributed by atoms with Crippen LogP contribution in [0, 0.1) is 12.8 Å². The lowest BCUT2D eigenvalue weighted by Gasteiger charge is -2.17. The van der Waals surface area contributed by atoms with Gasteiger partial charge in [-0.25, -0.2) is 8.78 Å². The number of amides is 2. The molecule has 178 valence electrons. The minimum absolute atomic E-state index is 0.00706. The summed E-state index contributed by atoms with van der Waals surface area (Å²) < 4.78 is 29.4. The van der Waals surface area contributed by atoms with Crippen molar-refractivity contribution in [3.05, 3.63) is 33.3 Å². The fourth-order valence-electron chi connectivity index (χ4n) is 3.97. The van der Waals surface area contributed by atoms with Gasteiger partial charge in [0, 0.05) is 37.2 Å². The van der Waals surface area contributed by atoms with Crippen LogP contribution >= 0.6 is 0 Å². The molecule has 0 unspecified atom stereocenters. The number of nitrogens with zero attached hydrogens (tertiary/aromatic N) is 4. The van der Waals surface area contributed by atoms with Gasteiger partial charge in [-0.15, -0.1) is 0 Å². The molecule has 2 aliphatic rings. The molecule has 0 atom stereocenters. The van der Waals surface area contributed by atoms with Crippen molar-refractivity contribution < 1.29 is 23.5 Å². The Labute approximate surface area is 188 Å². The number of aryl methyl sites for hydroxylation is 1. The molecule has 1 saturated heterocycles. The molecule has 33 heavy (non-hydrogen) atoms. The van der Waals surface area contributed by atoms with E-state index in [1.54, 1.807) is 6.92 Å². The van der Waals surface area contributed by atoms with Crippen LogP contribution in [-0.4, -0.2) is 61.1 Å². The van der Waals surface area contributed by atoms with Gasteiger partial charge in [0.05, 0.1) is 12.2 Å². The molecule has 1 aliphatic heterocycles. The number of fused-ring (bicyclic) bond motifs is 1. The Hall–Kier alpha value is -3.24. The fraction of sp³-hybridized carbons (Fsp3) is 0.545. The lowest BCUT2D eigenvalue weighted by Crippen LogP contribution is -2.34. The van der Waals surface area contributed by atoms with Crippen molar-refractivity contribution in [3.63, 3.8) is 0 Å². The van der Waals surface area contributed by atoms with Gasteiger partial charge in [-0.2, -0.15) is 9.61 Å². The maximum Gasteiger partial charge on any atom is 0.291 e. The van der Waals surface area contributed by atoms with Gasteiger partial charge in [0.25, 0.3) is 17.4 Å². The second-order valence-electron chi connectivity index (χ2n) is 9.19. The monoisotopic (exact) mass is 463 g/mol. The molecule has 2 N–H and O–H groups in total. The molecular weight excluding hydrogens is 436 g/mol. The van der Waals surface area contributed by atoms with E-state index in [4.69, 9.17) is 0 Å². The second-order valence-corrected chi connectivity index (χ2v) is 9.19. The number of likely N-dealkylation sites (tertiary alicyclic amines) is 1. The van der Waals surface area contributed by atoms with E-state index in [2.05, 4.69) is 10.4 Å². The summed E-state index contributed by atoms with van der Waals surface area (Å²) in [5.74, 6) is -4.56. The van der Waals surface area contributed by atoms with E-state index in [0.29, 0.717) is 11.3 Å². The van der Waals surface area contributed by atoms with Gasteiger partial charge >= 0.3 is 0 Å². The second kappa shape index (κ2) is 8.27. The first-order valence-corrected chi connectivity index (χ1v) is 11.0. The van der Waals surface area contributed by atoms with Crippen molar-refractivity contribution in [3.8, 4) is 5.88 Å². The SMILES string of the molecule is Cc1nn2c(=O)c(C(=O)NC3CC3)c(O)n(CC(C)C)c2c1/C=C/C(=O)N1CCC(F)(F)C1. The van der Waals surface area contributed by atoms with E-state index in [0.717, 1.165) is 22.3 Å². The molecule has 2 fully saturated rings. The Morgan fingerprint density at radius 3 is 2.61 bits per heavy atom. The van der Waals surface area contributed by atoms with E-state index in [9.17, 15) is 28.3 Å². The highest BCUT2D eigenvalue weighted by atomic mass is 19.3. The number of aromatic hydroxyl groups is 1. The number of hydrogen-bond acceptors (Lipinski definition) is 5. The van der Waals surface area contributed by atoms with E-state index in [1.165, 1.54) is 16.7 Å². The first-order chi connectivity index (χ1) is 15.5. The molecule has 2 aromatic heterocycles. The van der Waals surface area contributed by atoms with Gasteiger partial charge in [-0.1, -0.05) is 13.8 Å². The largest absolute Gasteiger partial charge is 0.494 e. The summed E-state index contributed by atoms with van der Waals surface area (Å²) in [6, 6.07) is -0.00706. The molecule has 0 radical (unpaired) electrons.